The minimum Gasteiger partial charge on any atom is -0.481 e. The molecule has 0 aliphatic rings. The van der Waals surface area contributed by atoms with Gasteiger partial charge in [-0.05, 0) is 0 Å². The molecule has 8 nitrogen and oxygen atoms in total. The van der Waals surface area contributed by atoms with E-state index in [1.807, 2.05) is 0 Å². The first kappa shape index (κ1) is 39.6. The molecule has 0 amide bonds. The summed E-state index contributed by atoms with van der Waals surface area (Å²) < 4.78 is 0. The van der Waals surface area contributed by atoms with E-state index in [4.69, 9.17) is 10.2 Å². The molecule has 0 rings (SSSR count). The molecule has 0 bridgehead atoms. The van der Waals surface area contributed by atoms with Crippen molar-refractivity contribution < 1.29 is 58.8 Å². The van der Waals surface area contributed by atoms with Crippen LogP contribution < -0.4 is 0 Å². The predicted molar refractivity (Wildman–Crippen MR) is 39.0 cm³/mol. The smallest absolute Gasteiger partial charge is 0.303 e. The summed E-state index contributed by atoms with van der Waals surface area (Å²) in [5.74, 6) is -2.15. The third kappa shape index (κ3) is 52.9. The van der Waals surface area contributed by atoms with Gasteiger partial charge in [0, 0.05) is 17.1 Å². The van der Waals surface area contributed by atoms with Crippen LogP contribution in [-0.2, 0) is 26.7 Å². The quantitative estimate of drug-likeness (QED) is 0.489. The average Bonchev–Trinajstić information content (AvgIpc) is 1.61. The number of carboxylic acid groups (broad SMARTS) is 2. The van der Waals surface area contributed by atoms with Crippen molar-refractivity contribution in [2.75, 3.05) is 0 Å². The Balaban J connectivity index is -0.0000000245. The van der Waals surface area contributed by atoms with Gasteiger partial charge >= 0.3 is 11.9 Å². The Morgan fingerprint density at radius 2 is 0.923 bits per heavy atom. The minimum atomic E-state index is -1.08. The van der Waals surface area contributed by atoms with Crippen molar-refractivity contribution in [2.45, 2.75) is 12.8 Å². The van der Waals surface area contributed by atoms with E-state index in [0.717, 1.165) is 0 Å². The van der Waals surface area contributed by atoms with Crippen LogP contribution in [0.1, 0.15) is 12.8 Å². The fourth-order valence-electron chi connectivity index (χ4n) is 0.214. The Labute approximate surface area is 84.3 Å². The van der Waals surface area contributed by atoms with Crippen LogP contribution in [0.2, 0.25) is 0 Å². The maximum absolute atomic E-state index is 9.64. The third-order valence-electron chi connectivity index (χ3n) is 0.553. The topological polar surface area (TPSA) is 201 Å². The largest absolute Gasteiger partial charge is 0.481 e. The van der Waals surface area contributed by atoms with Crippen molar-refractivity contribution in [3.63, 3.8) is 0 Å². The second kappa shape index (κ2) is 22.5. The van der Waals surface area contributed by atoms with Crippen molar-refractivity contribution in [2.24, 2.45) is 0 Å². The number of rotatable bonds is 3. The average molecular weight is 246 g/mol. The van der Waals surface area contributed by atoms with Crippen molar-refractivity contribution >= 4 is 11.9 Å². The molecule has 0 aromatic rings. The summed E-state index contributed by atoms with van der Waals surface area (Å²) in [5, 5.41) is 15.8. The van der Waals surface area contributed by atoms with E-state index in [-0.39, 0.29) is 51.8 Å². The first-order valence-corrected chi connectivity index (χ1v) is 2.06. The van der Waals surface area contributed by atoms with Crippen molar-refractivity contribution in [3.05, 3.63) is 0 Å². The first-order chi connectivity index (χ1) is 3.63. The number of hydrogen-bond acceptors (Lipinski definition) is 2. The van der Waals surface area contributed by atoms with Gasteiger partial charge in [0.25, 0.3) is 0 Å². The molecular formula is C4H14FeO8. The zero-order chi connectivity index (χ0) is 6.57. The van der Waals surface area contributed by atoms with Crippen LogP contribution in [0.4, 0.5) is 0 Å². The fourth-order valence-corrected chi connectivity index (χ4v) is 0.214. The molecule has 0 radical (unpaired) electrons. The molecule has 0 aliphatic carbocycles. The molecule has 9 heteroatoms. The van der Waals surface area contributed by atoms with Crippen LogP contribution in [0.25, 0.3) is 0 Å². The Bertz CT molecular complexity index is 101. The van der Waals surface area contributed by atoms with Gasteiger partial charge in [-0.2, -0.15) is 0 Å². The van der Waals surface area contributed by atoms with E-state index in [2.05, 4.69) is 0 Å². The Morgan fingerprint density at radius 3 is 1.00 bits per heavy atom. The van der Waals surface area contributed by atoms with Crippen molar-refractivity contribution in [1.82, 2.24) is 0 Å². The summed E-state index contributed by atoms with van der Waals surface area (Å²) in [6.07, 6.45) is -0.593. The second-order valence-corrected chi connectivity index (χ2v) is 1.29. The summed E-state index contributed by atoms with van der Waals surface area (Å²) in [6, 6.07) is 0. The molecule has 0 aromatic carbocycles. The van der Waals surface area contributed by atoms with E-state index in [0.29, 0.717) is 0 Å². The van der Waals surface area contributed by atoms with Crippen molar-refractivity contribution in [1.29, 1.82) is 0 Å². The van der Waals surface area contributed by atoms with Gasteiger partial charge in [-0.15, -0.1) is 0 Å². The van der Waals surface area contributed by atoms with Gasteiger partial charge in [-0.3, -0.25) is 9.59 Å². The van der Waals surface area contributed by atoms with Gasteiger partial charge in [0.1, 0.15) is 0 Å². The number of hydrogen-bond donors (Lipinski definition) is 2. The molecule has 10 N–H and O–H groups in total. The molecule has 86 valence electrons. The summed E-state index contributed by atoms with van der Waals surface area (Å²) in [5.41, 5.74) is 0. The SMILES string of the molecule is O.O.O.O.O=C(O)CCC(=O)O.[Fe]. The van der Waals surface area contributed by atoms with Gasteiger partial charge in [0.15, 0.2) is 0 Å². The molecule has 0 heterocycles. The van der Waals surface area contributed by atoms with Crippen LogP contribution in [0, 0.1) is 0 Å². The van der Waals surface area contributed by atoms with E-state index < -0.39 is 11.9 Å². The maximum Gasteiger partial charge on any atom is 0.303 e. The van der Waals surface area contributed by atoms with Crippen LogP contribution >= 0.6 is 0 Å². The summed E-state index contributed by atoms with van der Waals surface area (Å²) in [7, 11) is 0. The van der Waals surface area contributed by atoms with E-state index in [1.165, 1.54) is 0 Å². The molecule has 0 aliphatic heterocycles. The van der Waals surface area contributed by atoms with Crippen molar-refractivity contribution in [3.8, 4) is 0 Å². The first-order valence-electron chi connectivity index (χ1n) is 2.06. The standard InChI is InChI=1S/C4H6O4.Fe.4H2O/c5-3(6)1-2-4(7)8;;;;;/h1-2H2,(H,5,6)(H,7,8);;4*1H2. The number of carbonyl (C=O) groups is 2. The summed E-state index contributed by atoms with van der Waals surface area (Å²) in [6.45, 7) is 0. The normalized spacial score (nSPS) is 5.23. The Morgan fingerprint density at radius 1 is 0.769 bits per heavy atom. The van der Waals surface area contributed by atoms with Crippen LogP contribution in [-0.4, -0.2) is 44.1 Å². The minimum absolute atomic E-state index is 0. The van der Waals surface area contributed by atoms with Crippen LogP contribution in [0.15, 0.2) is 0 Å². The second-order valence-electron chi connectivity index (χ2n) is 1.29. The molecule has 13 heavy (non-hydrogen) atoms. The molecule has 0 saturated heterocycles. The third-order valence-corrected chi connectivity index (χ3v) is 0.553. The number of aliphatic carboxylic acids is 2. The summed E-state index contributed by atoms with van der Waals surface area (Å²) in [4.78, 5) is 19.3. The molecule has 0 spiro atoms. The molecular weight excluding hydrogens is 232 g/mol. The van der Waals surface area contributed by atoms with Gasteiger partial charge in [0.05, 0.1) is 12.8 Å². The molecule has 0 atom stereocenters. The molecule has 0 saturated carbocycles. The molecule has 0 aromatic heterocycles. The van der Waals surface area contributed by atoms with Gasteiger partial charge in [-0.25, -0.2) is 0 Å². The van der Waals surface area contributed by atoms with Gasteiger partial charge in [0.2, 0.25) is 0 Å². The number of carboxylic acids is 2. The predicted octanol–water partition coefficient (Wildman–Crippen LogP) is -3.37. The zero-order valence-electron chi connectivity index (χ0n) is 6.48. The van der Waals surface area contributed by atoms with Gasteiger partial charge in [-0.1, -0.05) is 0 Å². The zero-order valence-corrected chi connectivity index (χ0v) is 7.58. The Kier molecular flexibility index (Phi) is 68.5. The summed E-state index contributed by atoms with van der Waals surface area (Å²) >= 11 is 0. The monoisotopic (exact) mass is 246 g/mol. The van der Waals surface area contributed by atoms with Gasteiger partial charge < -0.3 is 32.1 Å². The van der Waals surface area contributed by atoms with Crippen LogP contribution in [0.5, 0.6) is 0 Å². The van der Waals surface area contributed by atoms with E-state index in [1.54, 1.807) is 0 Å². The Hall–Kier alpha value is -0.701. The molecule has 0 fully saturated rings. The fraction of sp³-hybridized carbons (Fsp3) is 0.500. The van der Waals surface area contributed by atoms with Crippen LogP contribution in [0.3, 0.4) is 0 Å². The van der Waals surface area contributed by atoms with E-state index in [9.17, 15) is 9.59 Å². The molecule has 0 unspecified atom stereocenters. The van der Waals surface area contributed by atoms with E-state index >= 15 is 0 Å². The maximum atomic E-state index is 9.64.